The molecule has 3 heteroatoms. The van der Waals surface area contributed by atoms with Crippen LogP contribution in [0.15, 0.2) is 15.6 Å². The Hall–Kier alpha value is -0.440. The molecule has 0 aliphatic heterocycles. The number of aryl methyl sites for hydroxylation is 1. The smallest absolute Gasteiger partial charge is 0.147 e. The lowest BCUT2D eigenvalue weighted by molar-refractivity contribution is 0.394. The Kier molecular flexibility index (Phi) is 2.16. The van der Waals surface area contributed by atoms with E-state index in [0.717, 1.165) is 16.4 Å². The van der Waals surface area contributed by atoms with E-state index in [-0.39, 0.29) is 0 Å². The molecule has 0 unspecified atom stereocenters. The average molecular weight is 143 g/mol. The first-order valence-electron chi connectivity index (χ1n) is 2.88. The second-order valence-corrected chi connectivity index (χ2v) is 2.99. The van der Waals surface area contributed by atoms with Gasteiger partial charge >= 0.3 is 0 Å². The van der Waals surface area contributed by atoms with Crippen LogP contribution < -0.4 is 0 Å². The molecule has 0 aliphatic carbocycles. The first-order chi connectivity index (χ1) is 4.34. The van der Waals surface area contributed by atoms with Gasteiger partial charge in [0.2, 0.25) is 0 Å². The van der Waals surface area contributed by atoms with Crippen molar-refractivity contribution in [2.24, 2.45) is 0 Å². The van der Waals surface area contributed by atoms with Crippen LogP contribution in [0.25, 0.3) is 0 Å². The highest BCUT2D eigenvalue weighted by Gasteiger charge is 1.99. The minimum atomic E-state index is 0.918. The quantitative estimate of drug-likeness (QED) is 0.593. The molecule has 0 saturated heterocycles. The Morgan fingerprint density at radius 3 is 3.00 bits per heavy atom. The van der Waals surface area contributed by atoms with E-state index in [1.54, 1.807) is 18.0 Å². The van der Waals surface area contributed by atoms with Gasteiger partial charge in [0.05, 0.1) is 11.1 Å². The number of hydrogen-bond acceptors (Lipinski definition) is 3. The molecule has 1 heterocycles. The molecule has 0 amide bonds. The van der Waals surface area contributed by atoms with E-state index in [1.165, 1.54) is 0 Å². The van der Waals surface area contributed by atoms with E-state index >= 15 is 0 Å². The lowest BCUT2D eigenvalue weighted by Gasteiger charge is -1.88. The Morgan fingerprint density at radius 2 is 2.56 bits per heavy atom. The third-order valence-corrected chi connectivity index (χ3v) is 2.00. The fourth-order valence-corrected chi connectivity index (χ4v) is 1.25. The summed E-state index contributed by atoms with van der Waals surface area (Å²) >= 11 is 1.75. The van der Waals surface area contributed by atoms with Crippen LogP contribution in [0.3, 0.4) is 0 Å². The first-order valence-corrected chi connectivity index (χ1v) is 3.87. The highest BCUT2D eigenvalue weighted by atomic mass is 32.2. The molecule has 0 bridgehead atoms. The van der Waals surface area contributed by atoms with Crippen LogP contribution in [0.5, 0.6) is 0 Å². The maximum Gasteiger partial charge on any atom is 0.147 e. The first kappa shape index (κ1) is 6.68. The van der Waals surface area contributed by atoms with Crippen molar-refractivity contribution in [1.82, 2.24) is 5.16 Å². The Bertz CT molecular complexity index is 185. The number of thioether (sulfide) groups is 1. The van der Waals surface area contributed by atoms with E-state index < -0.39 is 0 Å². The summed E-state index contributed by atoms with van der Waals surface area (Å²) in [6.45, 7) is 4.03. The van der Waals surface area contributed by atoms with Crippen LogP contribution in [0.1, 0.15) is 12.7 Å². The SMILES string of the molecule is CCSc1cnoc1C. The van der Waals surface area contributed by atoms with E-state index in [1.807, 2.05) is 6.92 Å². The molecular weight excluding hydrogens is 134 g/mol. The van der Waals surface area contributed by atoms with E-state index in [0.29, 0.717) is 0 Å². The summed E-state index contributed by atoms with van der Waals surface area (Å²) in [6, 6.07) is 0. The summed E-state index contributed by atoms with van der Waals surface area (Å²) < 4.78 is 4.85. The third-order valence-electron chi connectivity index (χ3n) is 1.01. The normalized spacial score (nSPS) is 10.0. The van der Waals surface area contributed by atoms with Crippen molar-refractivity contribution in [3.05, 3.63) is 12.0 Å². The molecule has 0 spiro atoms. The van der Waals surface area contributed by atoms with Crippen molar-refractivity contribution in [3.8, 4) is 0 Å². The topological polar surface area (TPSA) is 26.0 Å². The van der Waals surface area contributed by atoms with Crippen LogP contribution in [-0.2, 0) is 0 Å². The lowest BCUT2D eigenvalue weighted by Crippen LogP contribution is -1.69. The molecule has 1 rings (SSSR count). The summed E-state index contributed by atoms with van der Waals surface area (Å²) in [5.41, 5.74) is 0. The van der Waals surface area contributed by atoms with Gasteiger partial charge < -0.3 is 4.52 Å². The van der Waals surface area contributed by atoms with Crippen LogP contribution >= 0.6 is 11.8 Å². The maximum absolute atomic E-state index is 4.85. The molecule has 50 valence electrons. The van der Waals surface area contributed by atoms with Crippen LogP contribution in [0.4, 0.5) is 0 Å². The standard InChI is InChI=1S/C6H9NOS/c1-3-9-6-4-7-8-5(6)2/h4H,3H2,1-2H3. The summed E-state index contributed by atoms with van der Waals surface area (Å²) in [6.07, 6.45) is 1.75. The molecule has 0 radical (unpaired) electrons. The molecule has 0 N–H and O–H groups in total. The number of nitrogens with zero attached hydrogens (tertiary/aromatic N) is 1. The van der Waals surface area contributed by atoms with Gasteiger partial charge in [-0.2, -0.15) is 0 Å². The molecule has 0 aromatic carbocycles. The van der Waals surface area contributed by atoms with Crippen molar-refractivity contribution in [1.29, 1.82) is 0 Å². The Labute approximate surface area is 58.6 Å². The second kappa shape index (κ2) is 2.92. The average Bonchev–Trinajstić information content (AvgIpc) is 2.18. The lowest BCUT2D eigenvalue weighted by atomic mass is 10.5. The summed E-state index contributed by atoms with van der Waals surface area (Å²) in [4.78, 5) is 1.15. The van der Waals surface area contributed by atoms with Crippen LogP contribution in [-0.4, -0.2) is 10.9 Å². The predicted octanol–water partition coefficient (Wildman–Crippen LogP) is 2.10. The summed E-state index contributed by atoms with van der Waals surface area (Å²) in [5.74, 6) is 1.99. The van der Waals surface area contributed by atoms with Crippen molar-refractivity contribution >= 4 is 11.8 Å². The summed E-state index contributed by atoms with van der Waals surface area (Å²) in [5, 5.41) is 3.64. The minimum absolute atomic E-state index is 0.918. The van der Waals surface area contributed by atoms with E-state index in [9.17, 15) is 0 Å². The van der Waals surface area contributed by atoms with Crippen LogP contribution in [0, 0.1) is 6.92 Å². The van der Waals surface area contributed by atoms with Gasteiger partial charge in [0.1, 0.15) is 5.76 Å². The van der Waals surface area contributed by atoms with Gasteiger partial charge in [-0.15, -0.1) is 11.8 Å². The van der Waals surface area contributed by atoms with Gasteiger partial charge in [0, 0.05) is 0 Å². The molecule has 1 aromatic heterocycles. The zero-order valence-corrected chi connectivity index (χ0v) is 6.36. The van der Waals surface area contributed by atoms with Gasteiger partial charge in [-0.05, 0) is 12.7 Å². The van der Waals surface area contributed by atoms with Crippen molar-refractivity contribution in [3.63, 3.8) is 0 Å². The van der Waals surface area contributed by atoms with Crippen molar-refractivity contribution < 1.29 is 4.52 Å². The molecule has 1 aromatic rings. The van der Waals surface area contributed by atoms with E-state index in [2.05, 4.69) is 12.1 Å². The molecule has 0 atom stereocenters. The minimum Gasteiger partial charge on any atom is -0.361 e. The van der Waals surface area contributed by atoms with Gasteiger partial charge in [-0.3, -0.25) is 0 Å². The van der Waals surface area contributed by atoms with E-state index in [4.69, 9.17) is 4.52 Å². The Balaban J connectivity index is 2.69. The summed E-state index contributed by atoms with van der Waals surface area (Å²) in [7, 11) is 0. The Morgan fingerprint density at radius 1 is 1.78 bits per heavy atom. The molecule has 2 nitrogen and oxygen atoms in total. The number of aromatic nitrogens is 1. The zero-order chi connectivity index (χ0) is 6.69. The number of rotatable bonds is 2. The monoisotopic (exact) mass is 143 g/mol. The molecular formula is C6H9NOS. The fourth-order valence-electron chi connectivity index (χ4n) is 0.584. The molecule has 0 fully saturated rings. The largest absolute Gasteiger partial charge is 0.361 e. The third kappa shape index (κ3) is 1.48. The molecule has 9 heavy (non-hydrogen) atoms. The highest BCUT2D eigenvalue weighted by molar-refractivity contribution is 7.99. The van der Waals surface area contributed by atoms with Gasteiger partial charge in [-0.25, -0.2) is 0 Å². The number of hydrogen-bond donors (Lipinski definition) is 0. The fraction of sp³-hybridized carbons (Fsp3) is 0.500. The zero-order valence-electron chi connectivity index (χ0n) is 5.55. The van der Waals surface area contributed by atoms with Gasteiger partial charge in [0.15, 0.2) is 0 Å². The predicted molar refractivity (Wildman–Crippen MR) is 37.6 cm³/mol. The van der Waals surface area contributed by atoms with Crippen molar-refractivity contribution in [2.75, 3.05) is 5.75 Å². The van der Waals surface area contributed by atoms with Gasteiger partial charge in [0.25, 0.3) is 0 Å². The van der Waals surface area contributed by atoms with Gasteiger partial charge in [-0.1, -0.05) is 12.1 Å². The maximum atomic E-state index is 4.85. The second-order valence-electron chi connectivity index (χ2n) is 1.68. The molecule has 0 aliphatic rings. The van der Waals surface area contributed by atoms with Crippen molar-refractivity contribution in [2.45, 2.75) is 18.7 Å². The van der Waals surface area contributed by atoms with Crippen LogP contribution in [0.2, 0.25) is 0 Å². The highest BCUT2D eigenvalue weighted by Crippen LogP contribution is 2.20. The molecule has 0 saturated carbocycles.